The molecule has 2 heteroatoms. The Morgan fingerprint density at radius 1 is 0.947 bits per heavy atom. The molecule has 0 aliphatic carbocycles. The maximum absolute atomic E-state index is 10.0. The summed E-state index contributed by atoms with van der Waals surface area (Å²) in [5, 5.41) is 10.0. The Balaban J connectivity index is 1.92. The van der Waals surface area contributed by atoms with Crippen LogP contribution in [-0.2, 0) is 6.42 Å². The molecule has 2 rings (SSSR count). The highest BCUT2D eigenvalue weighted by atomic mass is 16.3. The van der Waals surface area contributed by atoms with E-state index in [2.05, 4.69) is 0 Å². The van der Waals surface area contributed by atoms with E-state index in [1.807, 2.05) is 66.7 Å². The van der Waals surface area contributed by atoms with Crippen molar-refractivity contribution in [1.82, 2.24) is 0 Å². The number of hydrogen-bond acceptors (Lipinski definition) is 2. The zero-order valence-electron chi connectivity index (χ0n) is 10.8. The molecule has 0 aliphatic heterocycles. The number of hydrogen-bond donors (Lipinski definition) is 2. The van der Waals surface area contributed by atoms with Gasteiger partial charge in [0.15, 0.2) is 0 Å². The SMILES string of the molecule is NC(Cc1ccccc1)C(O)C=Cc1ccccc1. The van der Waals surface area contributed by atoms with Crippen molar-refractivity contribution in [2.24, 2.45) is 5.73 Å². The second-order valence-corrected chi connectivity index (χ2v) is 4.61. The first-order chi connectivity index (χ1) is 9.25. The van der Waals surface area contributed by atoms with E-state index in [4.69, 9.17) is 5.73 Å². The van der Waals surface area contributed by atoms with Gasteiger partial charge in [-0.2, -0.15) is 0 Å². The third-order valence-corrected chi connectivity index (χ3v) is 3.04. The van der Waals surface area contributed by atoms with E-state index in [0.29, 0.717) is 6.42 Å². The zero-order chi connectivity index (χ0) is 13.5. The predicted molar refractivity (Wildman–Crippen MR) is 79.6 cm³/mol. The van der Waals surface area contributed by atoms with Crippen LogP contribution in [0.2, 0.25) is 0 Å². The molecule has 2 aromatic carbocycles. The quantitative estimate of drug-likeness (QED) is 0.860. The second-order valence-electron chi connectivity index (χ2n) is 4.61. The monoisotopic (exact) mass is 253 g/mol. The van der Waals surface area contributed by atoms with Gasteiger partial charge in [-0.05, 0) is 17.5 Å². The molecule has 98 valence electrons. The van der Waals surface area contributed by atoms with Gasteiger partial charge in [0.25, 0.3) is 0 Å². The standard InChI is InChI=1S/C17H19NO/c18-16(13-15-9-5-2-6-10-15)17(19)12-11-14-7-3-1-4-8-14/h1-12,16-17,19H,13,18H2. The summed E-state index contributed by atoms with van der Waals surface area (Å²) >= 11 is 0. The van der Waals surface area contributed by atoms with E-state index in [1.165, 1.54) is 0 Å². The van der Waals surface area contributed by atoms with E-state index in [9.17, 15) is 5.11 Å². The number of aliphatic hydroxyl groups excluding tert-OH is 1. The van der Waals surface area contributed by atoms with E-state index in [0.717, 1.165) is 11.1 Å². The minimum absolute atomic E-state index is 0.289. The Bertz CT molecular complexity index is 507. The minimum Gasteiger partial charge on any atom is -0.387 e. The average molecular weight is 253 g/mol. The maximum atomic E-state index is 10.0. The second kappa shape index (κ2) is 6.88. The van der Waals surface area contributed by atoms with Crippen LogP contribution in [0.1, 0.15) is 11.1 Å². The smallest absolute Gasteiger partial charge is 0.0878 e. The minimum atomic E-state index is -0.639. The molecule has 0 fully saturated rings. The molecule has 0 spiro atoms. The lowest BCUT2D eigenvalue weighted by Gasteiger charge is -2.15. The Morgan fingerprint density at radius 3 is 2.16 bits per heavy atom. The molecular weight excluding hydrogens is 234 g/mol. The van der Waals surface area contributed by atoms with Crippen molar-refractivity contribution < 1.29 is 5.11 Å². The molecule has 2 atom stereocenters. The van der Waals surface area contributed by atoms with E-state index >= 15 is 0 Å². The number of benzene rings is 2. The van der Waals surface area contributed by atoms with Crippen LogP contribution in [0.4, 0.5) is 0 Å². The normalized spacial score (nSPS) is 14.4. The molecule has 19 heavy (non-hydrogen) atoms. The van der Waals surface area contributed by atoms with Crippen molar-refractivity contribution in [2.45, 2.75) is 18.6 Å². The summed E-state index contributed by atoms with van der Waals surface area (Å²) in [7, 11) is 0. The summed E-state index contributed by atoms with van der Waals surface area (Å²) in [5.41, 5.74) is 8.22. The van der Waals surface area contributed by atoms with Gasteiger partial charge in [-0.15, -0.1) is 0 Å². The van der Waals surface area contributed by atoms with Crippen LogP contribution >= 0.6 is 0 Å². The lowest BCUT2D eigenvalue weighted by Crippen LogP contribution is -2.35. The highest BCUT2D eigenvalue weighted by Crippen LogP contribution is 2.07. The summed E-state index contributed by atoms with van der Waals surface area (Å²) in [6.07, 6.45) is 3.68. The van der Waals surface area contributed by atoms with Gasteiger partial charge >= 0.3 is 0 Å². The van der Waals surface area contributed by atoms with Gasteiger partial charge in [-0.3, -0.25) is 0 Å². The van der Waals surface area contributed by atoms with Crippen LogP contribution in [0.3, 0.4) is 0 Å². The first kappa shape index (κ1) is 13.5. The number of aliphatic hydroxyl groups is 1. The van der Waals surface area contributed by atoms with Gasteiger partial charge < -0.3 is 10.8 Å². The lowest BCUT2D eigenvalue weighted by atomic mass is 10.0. The van der Waals surface area contributed by atoms with Gasteiger partial charge in [0.1, 0.15) is 0 Å². The van der Waals surface area contributed by atoms with Gasteiger partial charge in [0.2, 0.25) is 0 Å². The van der Waals surface area contributed by atoms with Gasteiger partial charge in [0.05, 0.1) is 6.10 Å². The molecule has 2 nitrogen and oxygen atoms in total. The first-order valence-electron chi connectivity index (χ1n) is 6.46. The number of nitrogens with two attached hydrogens (primary N) is 1. The zero-order valence-corrected chi connectivity index (χ0v) is 10.8. The predicted octanol–water partition coefficient (Wildman–Crippen LogP) is 2.63. The van der Waals surface area contributed by atoms with E-state index in [-0.39, 0.29) is 6.04 Å². The Kier molecular flexibility index (Phi) is 4.90. The molecule has 2 unspecified atom stereocenters. The molecule has 0 amide bonds. The van der Waals surface area contributed by atoms with Crippen molar-refractivity contribution in [3.05, 3.63) is 77.9 Å². The Hall–Kier alpha value is -1.90. The van der Waals surface area contributed by atoms with Crippen LogP contribution in [-0.4, -0.2) is 17.3 Å². The summed E-state index contributed by atoms with van der Waals surface area (Å²) in [4.78, 5) is 0. The van der Waals surface area contributed by atoms with Crippen LogP contribution in [0, 0.1) is 0 Å². The summed E-state index contributed by atoms with van der Waals surface area (Å²) < 4.78 is 0. The van der Waals surface area contributed by atoms with Crippen LogP contribution in [0.5, 0.6) is 0 Å². The summed E-state index contributed by atoms with van der Waals surface area (Å²) in [5.74, 6) is 0. The van der Waals surface area contributed by atoms with E-state index in [1.54, 1.807) is 6.08 Å². The lowest BCUT2D eigenvalue weighted by molar-refractivity contribution is 0.191. The van der Waals surface area contributed by atoms with Gasteiger partial charge in [-0.25, -0.2) is 0 Å². The third kappa shape index (κ3) is 4.36. The molecule has 0 radical (unpaired) electrons. The van der Waals surface area contributed by atoms with E-state index < -0.39 is 6.10 Å². The van der Waals surface area contributed by atoms with Crippen molar-refractivity contribution in [1.29, 1.82) is 0 Å². The van der Waals surface area contributed by atoms with Crippen LogP contribution < -0.4 is 5.73 Å². The average Bonchev–Trinajstić information content (AvgIpc) is 2.47. The highest BCUT2D eigenvalue weighted by molar-refractivity contribution is 5.49. The van der Waals surface area contributed by atoms with Gasteiger partial charge in [0, 0.05) is 6.04 Å². The highest BCUT2D eigenvalue weighted by Gasteiger charge is 2.11. The van der Waals surface area contributed by atoms with Crippen molar-refractivity contribution in [3.8, 4) is 0 Å². The van der Waals surface area contributed by atoms with Crippen molar-refractivity contribution in [2.75, 3.05) is 0 Å². The molecule has 0 aromatic heterocycles. The molecule has 0 heterocycles. The first-order valence-corrected chi connectivity index (χ1v) is 6.46. The fourth-order valence-electron chi connectivity index (χ4n) is 1.92. The molecule has 0 saturated heterocycles. The van der Waals surface area contributed by atoms with Crippen molar-refractivity contribution >= 4 is 6.08 Å². The molecule has 0 saturated carbocycles. The van der Waals surface area contributed by atoms with Crippen LogP contribution in [0.15, 0.2) is 66.7 Å². The summed E-state index contributed by atoms with van der Waals surface area (Å²) in [6, 6.07) is 19.6. The maximum Gasteiger partial charge on any atom is 0.0878 e. The summed E-state index contributed by atoms with van der Waals surface area (Å²) in [6.45, 7) is 0. The Morgan fingerprint density at radius 2 is 1.53 bits per heavy atom. The topological polar surface area (TPSA) is 46.2 Å². The Labute approximate surface area is 114 Å². The molecule has 0 bridgehead atoms. The molecule has 0 aliphatic rings. The van der Waals surface area contributed by atoms with Crippen molar-refractivity contribution in [3.63, 3.8) is 0 Å². The number of rotatable bonds is 5. The fourth-order valence-corrected chi connectivity index (χ4v) is 1.92. The van der Waals surface area contributed by atoms with Gasteiger partial charge in [-0.1, -0.05) is 72.8 Å². The van der Waals surface area contributed by atoms with Crippen LogP contribution in [0.25, 0.3) is 6.08 Å². The largest absolute Gasteiger partial charge is 0.387 e. The molecule has 2 aromatic rings. The fraction of sp³-hybridized carbons (Fsp3) is 0.176. The third-order valence-electron chi connectivity index (χ3n) is 3.04. The molecule has 3 N–H and O–H groups in total. The molecular formula is C17H19NO.